The number of likely N-dealkylation sites (tertiary alicyclic amines) is 1. The number of nitrogen functional groups attached to an aromatic ring is 1. The lowest BCUT2D eigenvalue weighted by molar-refractivity contribution is 0.103. The first kappa shape index (κ1) is 20.7. The summed E-state index contributed by atoms with van der Waals surface area (Å²) in [5.74, 6) is 1.55. The molecule has 8 heteroatoms. The van der Waals surface area contributed by atoms with Crippen LogP contribution in [0.3, 0.4) is 0 Å². The Balaban J connectivity index is 1.30. The van der Waals surface area contributed by atoms with E-state index in [2.05, 4.69) is 50.2 Å². The first-order chi connectivity index (χ1) is 16.5. The monoisotopic (exact) mass is 453 g/mol. The summed E-state index contributed by atoms with van der Waals surface area (Å²) < 4.78 is 1.59. The van der Waals surface area contributed by atoms with Crippen molar-refractivity contribution in [3.63, 3.8) is 0 Å². The summed E-state index contributed by atoms with van der Waals surface area (Å²) in [7, 11) is 2.17. The Hall–Kier alpha value is -3.91. The van der Waals surface area contributed by atoms with E-state index in [-0.39, 0.29) is 5.78 Å². The molecule has 0 unspecified atom stereocenters. The van der Waals surface area contributed by atoms with E-state index in [0.29, 0.717) is 23.0 Å². The van der Waals surface area contributed by atoms with Crippen molar-refractivity contribution in [3.05, 3.63) is 71.3 Å². The zero-order valence-corrected chi connectivity index (χ0v) is 19.3. The second kappa shape index (κ2) is 7.85. The number of nitrogens with one attached hydrogen (secondary N) is 2. The van der Waals surface area contributed by atoms with E-state index in [0.717, 1.165) is 59.4 Å². The maximum Gasteiger partial charge on any atom is 0.214 e. The SMILES string of the molecule is Cc1nc2ccc(-n3ncc(C(=O)c4cc5cc(C6CCN(C)CC6)ccc5[nH]4)c3N)cc2[nH]1. The minimum atomic E-state index is -0.167. The maximum absolute atomic E-state index is 13.3. The molecule has 34 heavy (non-hydrogen) atoms. The minimum absolute atomic E-state index is 0.167. The van der Waals surface area contributed by atoms with Crippen LogP contribution >= 0.6 is 0 Å². The van der Waals surface area contributed by atoms with Crippen molar-refractivity contribution in [2.24, 2.45) is 0 Å². The topological polar surface area (TPSA) is 109 Å². The molecule has 1 fully saturated rings. The lowest BCUT2D eigenvalue weighted by Crippen LogP contribution is -2.29. The van der Waals surface area contributed by atoms with Gasteiger partial charge < -0.3 is 20.6 Å². The summed E-state index contributed by atoms with van der Waals surface area (Å²) in [5.41, 5.74) is 12.1. The Kier molecular flexibility index (Phi) is 4.77. The molecular weight excluding hydrogens is 426 g/mol. The van der Waals surface area contributed by atoms with Crippen LogP contribution in [0.1, 0.15) is 46.2 Å². The minimum Gasteiger partial charge on any atom is -0.383 e. The van der Waals surface area contributed by atoms with Crippen molar-refractivity contribution in [1.29, 1.82) is 0 Å². The number of fused-ring (bicyclic) bond motifs is 2. The maximum atomic E-state index is 13.3. The van der Waals surface area contributed by atoms with Crippen molar-refractivity contribution in [2.75, 3.05) is 25.9 Å². The molecule has 0 radical (unpaired) electrons. The molecule has 0 atom stereocenters. The van der Waals surface area contributed by atoms with Gasteiger partial charge in [-0.1, -0.05) is 6.07 Å². The summed E-state index contributed by atoms with van der Waals surface area (Å²) in [6.45, 7) is 4.15. The first-order valence-electron chi connectivity index (χ1n) is 11.6. The fourth-order valence-electron chi connectivity index (χ4n) is 5.01. The van der Waals surface area contributed by atoms with Crippen LogP contribution < -0.4 is 5.73 Å². The lowest BCUT2D eigenvalue weighted by atomic mass is 9.89. The van der Waals surface area contributed by atoms with E-state index in [1.54, 1.807) is 4.68 Å². The number of piperidine rings is 1. The van der Waals surface area contributed by atoms with E-state index in [9.17, 15) is 4.79 Å². The number of carbonyl (C=O) groups is 1. The van der Waals surface area contributed by atoms with Crippen LogP contribution in [0.15, 0.2) is 48.7 Å². The number of imidazole rings is 1. The van der Waals surface area contributed by atoms with Gasteiger partial charge in [0.2, 0.25) is 5.78 Å². The molecule has 6 rings (SSSR count). The van der Waals surface area contributed by atoms with Gasteiger partial charge in [0, 0.05) is 10.9 Å². The number of aromatic amines is 2. The number of hydrogen-bond donors (Lipinski definition) is 3. The first-order valence-corrected chi connectivity index (χ1v) is 11.6. The number of aryl methyl sites for hydroxylation is 1. The van der Waals surface area contributed by atoms with Crippen molar-refractivity contribution in [3.8, 4) is 5.69 Å². The molecule has 5 aromatic rings. The van der Waals surface area contributed by atoms with Crippen LogP contribution in [-0.4, -0.2) is 55.6 Å². The Labute approximate surface area is 196 Å². The predicted octanol–water partition coefficient (Wildman–Crippen LogP) is 4.16. The average molecular weight is 454 g/mol. The highest BCUT2D eigenvalue weighted by atomic mass is 16.1. The number of ketones is 1. The van der Waals surface area contributed by atoms with E-state index in [1.807, 2.05) is 31.2 Å². The summed E-state index contributed by atoms with van der Waals surface area (Å²) in [6, 6.07) is 14.1. The van der Waals surface area contributed by atoms with Gasteiger partial charge in [0.15, 0.2) is 0 Å². The Morgan fingerprint density at radius 2 is 1.88 bits per heavy atom. The number of nitrogens with zero attached hydrogens (tertiary/aromatic N) is 4. The van der Waals surface area contributed by atoms with Crippen LogP contribution in [0.5, 0.6) is 0 Å². The zero-order chi connectivity index (χ0) is 23.4. The molecule has 1 aliphatic rings. The second-order valence-electron chi connectivity index (χ2n) is 9.32. The molecule has 172 valence electrons. The summed E-state index contributed by atoms with van der Waals surface area (Å²) in [4.78, 5) is 26.6. The van der Waals surface area contributed by atoms with Gasteiger partial charge in [0.05, 0.1) is 34.2 Å². The third-order valence-corrected chi connectivity index (χ3v) is 6.96. The van der Waals surface area contributed by atoms with Crippen molar-refractivity contribution in [1.82, 2.24) is 29.6 Å². The van der Waals surface area contributed by atoms with E-state index in [4.69, 9.17) is 5.73 Å². The molecule has 0 saturated carbocycles. The third kappa shape index (κ3) is 3.47. The molecule has 0 amide bonds. The highest BCUT2D eigenvalue weighted by Crippen LogP contribution is 2.31. The number of rotatable bonds is 4. The number of benzene rings is 2. The number of carbonyl (C=O) groups excluding carboxylic acids is 1. The van der Waals surface area contributed by atoms with Gasteiger partial charge in [0.1, 0.15) is 11.6 Å². The quantitative estimate of drug-likeness (QED) is 0.354. The number of H-pyrrole nitrogens is 2. The average Bonchev–Trinajstić information content (AvgIpc) is 3.53. The molecule has 4 heterocycles. The predicted molar refractivity (Wildman–Crippen MR) is 134 cm³/mol. The molecule has 3 aromatic heterocycles. The number of aromatic nitrogens is 5. The van der Waals surface area contributed by atoms with E-state index in [1.165, 1.54) is 11.8 Å². The van der Waals surface area contributed by atoms with Gasteiger partial charge in [-0.25, -0.2) is 9.67 Å². The van der Waals surface area contributed by atoms with E-state index >= 15 is 0 Å². The molecule has 4 N–H and O–H groups in total. The van der Waals surface area contributed by atoms with Gasteiger partial charge in [-0.15, -0.1) is 0 Å². The standard InChI is InChI=1S/C26H27N7O/c1-15-29-22-6-4-19(13-23(22)30-15)33-26(27)20(14-28-33)25(34)24-12-18-11-17(3-5-21(18)31-24)16-7-9-32(2)10-8-16/h3-6,11-14,16,31H,7-10,27H2,1-2H3,(H,29,30). The number of nitrogens with two attached hydrogens (primary N) is 1. The van der Waals surface area contributed by atoms with Gasteiger partial charge >= 0.3 is 0 Å². The van der Waals surface area contributed by atoms with Crippen molar-refractivity contribution in [2.45, 2.75) is 25.7 Å². The summed E-state index contributed by atoms with van der Waals surface area (Å²) in [5, 5.41) is 5.45. The van der Waals surface area contributed by atoms with Crippen LogP contribution in [0, 0.1) is 6.92 Å². The molecule has 0 spiro atoms. The fraction of sp³-hybridized carbons (Fsp3) is 0.269. The Bertz CT molecular complexity index is 1530. The van der Waals surface area contributed by atoms with Crippen LogP contribution in [0.2, 0.25) is 0 Å². The molecule has 1 saturated heterocycles. The van der Waals surface area contributed by atoms with Crippen molar-refractivity contribution >= 4 is 33.5 Å². The largest absolute Gasteiger partial charge is 0.383 e. The normalized spacial score (nSPS) is 15.5. The van der Waals surface area contributed by atoms with E-state index < -0.39 is 0 Å². The molecule has 0 aliphatic carbocycles. The second-order valence-corrected chi connectivity index (χ2v) is 9.32. The molecule has 0 bridgehead atoms. The van der Waals surface area contributed by atoms with Gasteiger partial charge in [-0.2, -0.15) is 5.10 Å². The zero-order valence-electron chi connectivity index (χ0n) is 19.3. The smallest absolute Gasteiger partial charge is 0.214 e. The van der Waals surface area contributed by atoms with Gasteiger partial charge in [-0.05, 0) is 87.8 Å². The Morgan fingerprint density at radius 3 is 2.71 bits per heavy atom. The third-order valence-electron chi connectivity index (χ3n) is 6.96. The van der Waals surface area contributed by atoms with Crippen molar-refractivity contribution < 1.29 is 4.79 Å². The van der Waals surface area contributed by atoms with Gasteiger partial charge in [-0.3, -0.25) is 4.79 Å². The molecule has 8 nitrogen and oxygen atoms in total. The molecule has 2 aromatic carbocycles. The highest BCUT2D eigenvalue weighted by Gasteiger charge is 2.22. The lowest BCUT2D eigenvalue weighted by Gasteiger charge is -2.29. The van der Waals surface area contributed by atoms with Gasteiger partial charge in [0.25, 0.3) is 0 Å². The summed E-state index contributed by atoms with van der Waals surface area (Å²) in [6.07, 6.45) is 3.87. The highest BCUT2D eigenvalue weighted by molar-refractivity contribution is 6.12. The number of anilines is 1. The number of hydrogen-bond acceptors (Lipinski definition) is 5. The van der Waals surface area contributed by atoms with Crippen LogP contribution in [0.4, 0.5) is 5.82 Å². The fourth-order valence-corrected chi connectivity index (χ4v) is 5.01. The summed E-state index contributed by atoms with van der Waals surface area (Å²) >= 11 is 0. The van der Waals surface area contributed by atoms with Crippen LogP contribution in [-0.2, 0) is 0 Å². The molecular formula is C26H27N7O. The molecule has 1 aliphatic heterocycles. The van der Waals surface area contributed by atoms with Crippen LogP contribution in [0.25, 0.3) is 27.6 Å². The Morgan fingerprint density at radius 1 is 1.06 bits per heavy atom.